The Morgan fingerprint density at radius 2 is 2.16 bits per heavy atom. The summed E-state index contributed by atoms with van der Waals surface area (Å²) in [7, 11) is 1.36. The highest BCUT2D eigenvalue weighted by Crippen LogP contribution is 2.18. The number of pyridine rings is 1. The molecule has 1 N–H and O–H groups in total. The summed E-state index contributed by atoms with van der Waals surface area (Å²) in [5.74, 6) is -0.945. The normalized spacial score (nSPS) is 10.1. The number of carbonyl (C=O) groups excluding carboxylic acids is 1. The van der Waals surface area contributed by atoms with Crippen LogP contribution in [-0.2, 0) is 0 Å². The van der Waals surface area contributed by atoms with E-state index < -0.39 is 11.7 Å². The fourth-order valence-electron chi connectivity index (χ4n) is 1.46. The van der Waals surface area contributed by atoms with Crippen LogP contribution >= 0.6 is 11.6 Å². The molecule has 2 aromatic rings. The van der Waals surface area contributed by atoms with Crippen molar-refractivity contribution in [1.82, 2.24) is 4.98 Å². The van der Waals surface area contributed by atoms with Crippen molar-refractivity contribution in [3.05, 3.63) is 53.1 Å². The lowest BCUT2D eigenvalue weighted by molar-refractivity contribution is 0.102. The Morgan fingerprint density at radius 3 is 2.74 bits per heavy atom. The number of nitrogens with zero attached hydrogens (tertiary/aromatic N) is 1. The summed E-state index contributed by atoms with van der Waals surface area (Å²) >= 11 is 5.63. The van der Waals surface area contributed by atoms with Crippen LogP contribution in [0, 0.1) is 5.82 Å². The van der Waals surface area contributed by atoms with Gasteiger partial charge in [0.2, 0.25) is 0 Å². The largest absolute Gasteiger partial charge is 0.494 e. The molecule has 0 atom stereocenters. The molecule has 1 aromatic carbocycles. The molecule has 0 spiro atoms. The molecule has 1 amide bonds. The zero-order valence-electron chi connectivity index (χ0n) is 9.98. The van der Waals surface area contributed by atoms with Gasteiger partial charge < -0.3 is 10.1 Å². The maximum absolute atomic E-state index is 13.5. The van der Waals surface area contributed by atoms with E-state index in [9.17, 15) is 9.18 Å². The van der Waals surface area contributed by atoms with E-state index in [1.807, 2.05) is 0 Å². The first kappa shape index (κ1) is 13.3. The SMILES string of the molecule is COc1ccc(C(=O)Nc2ccc(Cl)nc2)cc1F. The van der Waals surface area contributed by atoms with E-state index >= 15 is 0 Å². The lowest BCUT2D eigenvalue weighted by atomic mass is 10.2. The molecule has 2 rings (SSSR count). The molecular formula is C13H10ClFN2O2. The lowest BCUT2D eigenvalue weighted by Crippen LogP contribution is -2.12. The molecule has 0 bridgehead atoms. The zero-order chi connectivity index (χ0) is 13.8. The number of carbonyl (C=O) groups is 1. The number of halogens is 2. The monoisotopic (exact) mass is 280 g/mol. The number of methoxy groups -OCH3 is 1. The molecule has 0 unspecified atom stereocenters. The van der Waals surface area contributed by atoms with E-state index in [-0.39, 0.29) is 11.3 Å². The van der Waals surface area contributed by atoms with Gasteiger partial charge in [0.1, 0.15) is 5.15 Å². The summed E-state index contributed by atoms with van der Waals surface area (Å²) in [5.41, 5.74) is 0.666. The van der Waals surface area contributed by atoms with Gasteiger partial charge in [-0.15, -0.1) is 0 Å². The minimum Gasteiger partial charge on any atom is -0.494 e. The fraction of sp³-hybridized carbons (Fsp3) is 0.0769. The standard InChI is InChI=1S/C13H10ClFN2O2/c1-19-11-4-2-8(6-10(11)15)13(18)17-9-3-5-12(14)16-7-9/h2-7H,1H3,(H,17,18). The number of anilines is 1. The summed E-state index contributed by atoms with van der Waals surface area (Å²) in [6, 6.07) is 7.13. The molecule has 0 radical (unpaired) electrons. The maximum atomic E-state index is 13.5. The van der Waals surface area contributed by atoms with Gasteiger partial charge in [-0.25, -0.2) is 9.37 Å². The second-order valence-corrected chi connectivity index (χ2v) is 4.06. The summed E-state index contributed by atoms with van der Waals surface area (Å²) < 4.78 is 18.2. The number of amides is 1. The number of rotatable bonds is 3. The third-order valence-electron chi connectivity index (χ3n) is 2.40. The van der Waals surface area contributed by atoms with Crippen LogP contribution in [0.15, 0.2) is 36.5 Å². The smallest absolute Gasteiger partial charge is 0.255 e. The summed E-state index contributed by atoms with van der Waals surface area (Å²) in [5, 5.41) is 2.91. The average molecular weight is 281 g/mol. The fourth-order valence-corrected chi connectivity index (χ4v) is 1.57. The molecule has 19 heavy (non-hydrogen) atoms. The molecule has 1 heterocycles. The van der Waals surface area contributed by atoms with Crippen molar-refractivity contribution in [2.45, 2.75) is 0 Å². The second kappa shape index (κ2) is 5.67. The summed E-state index contributed by atoms with van der Waals surface area (Å²) in [6.07, 6.45) is 1.42. The van der Waals surface area contributed by atoms with E-state index in [2.05, 4.69) is 10.3 Å². The number of hydrogen-bond donors (Lipinski definition) is 1. The Kier molecular flexibility index (Phi) is 3.97. The van der Waals surface area contributed by atoms with Gasteiger partial charge in [0.25, 0.3) is 5.91 Å². The highest BCUT2D eigenvalue weighted by molar-refractivity contribution is 6.29. The summed E-state index contributed by atoms with van der Waals surface area (Å²) in [4.78, 5) is 15.7. The van der Waals surface area contributed by atoms with E-state index in [0.29, 0.717) is 10.8 Å². The molecule has 98 valence electrons. The van der Waals surface area contributed by atoms with Crippen molar-refractivity contribution in [3.8, 4) is 5.75 Å². The first-order valence-electron chi connectivity index (χ1n) is 5.36. The van der Waals surface area contributed by atoms with Gasteiger partial charge in [0.15, 0.2) is 11.6 Å². The van der Waals surface area contributed by atoms with Crippen LogP contribution in [0.5, 0.6) is 5.75 Å². The first-order valence-corrected chi connectivity index (χ1v) is 5.74. The Labute approximate surface area is 114 Å². The third kappa shape index (κ3) is 3.20. The maximum Gasteiger partial charge on any atom is 0.255 e. The van der Waals surface area contributed by atoms with Gasteiger partial charge >= 0.3 is 0 Å². The van der Waals surface area contributed by atoms with Gasteiger partial charge in [-0.05, 0) is 30.3 Å². The van der Waals surface area contributed by atoms with Crippen molar-refractivity contribution in [1.29, 1.82) is 0 Å². The Morgan fingerprint density at radius 1 is 1.37 bits per heavy atom. The summed E-state index contributed by atoms with van der Waals surface area (Å²) in [6.45, 7) is 0. The van der Waals surface area contributed by atoms with Gasteiger partial charge in [-0.3, -0.25) is 4.79 Å². The van der Waals surface area contributed by atoms with Gasteiger partial charge in [0, 0.05) is 5.56 Å². The van der Waals surface area contributed by atoms with Crippen LogP contribution < -0.4 is 10.1 Å². The Hall–Kier alpha value is -2.14. The quantitative estimate of drug-likeness (QED) is 0.879. The van der Waals surface area contributed by atoms with E-state index in [1.165, 1.54) is 25.4 Å². The van der Waals surface area contributed by atoms with Crippen LogP contribution in [0.25, 0.3) is 0 Å². The molecule has 0 aliphatic carbocycles. The van der Waals surface area contributed by atoms with E-state index in [4.69, 9.17) is 16.3 Å². The second-order valence-electron chi connectivity index (χ2n) is 3.67. The molecule has 0 saturated carbocycles. The predicted molar refractivity (Wildman–Crippen MR) is 70.2 cm³/mol. The minimum atomic E-state index is -0.593. The molecule has 1 aromatic heterocycles. The van der Waals surface area contributed by atoms with E-state index in [0.717, 1.165) is 6.07 Å². The number of nitrogens with one attached hydrogen (secondary N) is 1. The Balaban J connectivity index is 2.16. The van der Waals surface area contributed by atoms with Crippen LogP contribution in [0.3, 0.4) is 0 Å². The molecule has 4 nitrogen and oxygen atoms in total. The molecule has 0 aliphatic rings. The van der Waals surface area contributed by atoms with Gasteiger partial charge in [0.05, 0.1) is 19.0 Å². The van der Waals surface area contributed by atoms with Crippen molar-refractivity contribution >= 4 is 23.2 Å². The van der Waals surface area contributed by atoms with Crippen LogP contribution in [0.4, 0.5) is 10.1 Å². The van der Waals surface area contributed by atoms with Gasteiger partial charge in [-0.1, -0.05) is 11.6 Å². The number of benzene rings is 1. The number of aromatic nitrogens is 1. The van der Waals surface area contributed by atoms with Crippen molar-refractivity contribution in [2.75, 3.05) is 12.4 Å². The van der Waals surface area contributed by atoms with Crippen molar-refractivity contribution < 1.29 is 13.9 Å². The van der Waals surface area contributed by atoms with E-state index in [1.54, 1.807) is 12.1 Å². The predicted octanol–water partition coefficient (Wildman–Crippen LogP) is 3.14. The molecular weight excluding hydrogens is 271 g/mol. The number of ether oxygens (including phenoxy) is 1. The Bertz CT molecular complexity index is 602. The number of hydrogen-bond acceptors (Lipinski definition) is 3. The first-order chi connectivity index (χ1) is 9.10. The molecule has 0 fully saturated rings. The highest BCUT2D eigenvalue weighted by Gasteiger charge is 2.10. The average Bonchev–Trinajstić information content (AvgIpc) is 2.41. The highest BCUT2D eigenvalue weighted by atomic mass is 35.5. The van der Waals surface area contributed by atoms with Crippen LogP contribution in [0.2, 0.25) is 5.15 Å². The van der Waals surface area contributed by atoms with Crippen molar-refractivity contribution in [2.24, 2.45) is 0 Å². The third-order valence-corrected chi connectivity index (χ3v) is 2.62. The zero-order valence-corrected chi connectivity index (χ0v) is 10.7. The van der Waals surface area contributed by atoms with Crippen LogP contribution in [0.1, 0.15) is 10.4 Å². The van der Waals surface area contributed by atoms with Crippen molar-refractivity contribution in [3.63, 3.8) is 0 Å². The topological polar surface area (TPSA) is 51.2 Å². The minimum absolute atomic E-state index is 0.0877. The van der Waals surface area contributed by atoms with Crippen LogP contribution in [-0.4, -0.2) is 18.0 Å². The lowest BCUT2D eigenvalue weighted by Gasteiger charge is -2.06. The molecule has 0 saturated heterocycles. The molecule has 0 aliphatic heterocycles. The van der Waals surface area contributed by atoms with Gasteiger partial charge in [-0.2, -0.15) is 0 Å². The molecule has 6 heteroatoms.